The van der Waals surface area contributed by atoms with Crippen LogP contribution in [-0.2, 0) is 7.05 Å². The SMILES string of the molecule is C[C@H](NC(=O)Nc1ccc(Cl)cc1)c1nc2cc(Cl)ccc2c(=O)n1C. The minimum absolute atomic E-state index is 0.201. The van der Waals surface area contributed by atoms with E-state index in [1.54, 1.807) is 56.4 Å². The molecule has 1 heterocycles. The maximum Gasteiger partial charge on any atom is 0.319 e. The molecule has 0 radical (unpaired) electrons. The average molecular weight is 391 g/mol. The van der Waals surface area contributed by atoms with Crippen LogP contribution in [0.5, 0.6) is 0 Å². The average Bonchev–Trinajstić information content (AvgIpc) is 2.59. The predicted molar refractivity (Wildman–Crippen MR) is 104 cm³/mol. The van der Waals surface area contributed by atoms with Gasteiger partial charge in [-0.15, -0.1) is 0 Å². The van der Waals surface area contributed by atoms with Gasteiger partial charge in [0.2, 0.25) is 0 Å². The summed E-state index contributed by atoms with van der Waals surface area (Å²) < 4.78 is 1.42. The zero-order valence-corrected chi connectivity index (χ0v) is 15.6. The molecule has 26 heavy (non-hydrogen) atoms. The lowest BCUT2D eigenvalue weighted by Gasteiger charge is -2.17. The quantitative estimate of drug-likeness (QED) is 0.705. The Kier molecular flexibility index (Phi) is 5.15. The fourth-order valence-corrected chi connectivity index (χ4v) is 2.90. The monoisotopic (exact) mass is 390 g/mol. The van der Waals surface area contributed by atoms with Gasteiger partial charge in [0.1, 0.15) is 5.82 Å². The number of benzene rings is 2. The number of aromatic nitrogens is 2. The number of rotatable bonds is 3. The van der Waals surface area contributed by atoms with E-state index in [9.17, 15) is 9.59 Å². The van der Waals surface area contributed by atoms with Gasteiger partial charge in [0, 0.05) is 22.8 Å². The van der Waals surface area contributed by atoms with Gasteiger partial charge in [-0.05, 0) is 49.4 Å². The van der Waals surface area contributed by atoms with E-state index in [2.05, 4.69) is 15.6 Å². The van der Waals surface area contributed by atoms with Crippen molar-refractivity contribution in [2.24, 2.45) is 7.05 Å². The highest BCUT2D eigenvalue weighted by atomic mass is 35.5. The molecule has 2 aromatic carbocycles. The summed E-state index contributed by atoms with van der Waals surface area (Å²) in [5.41, 5.74) is 0.891. The molecule has 1 aromatic heterocycles. The summed E-state index contributed by atoms with van der Waals surface area (Å²) >= 11 is 11.8. The molecule has 0 bridgehead atoms. The van der Waals surface area contributed by atoms with Crippen molar-refractivity contribution in [3.63, 3.8) is 0 Å². The van der Waals surface area contributed by atoms with Gasteiger partial charge in [-0.3, -0.25) is 9.36 Å². The van der Waals surface area contributed by atoms with Crippen LogP contribution in [0.4, 0.5) is 10.5 Å². The third kappa shape index (κ3) is 3.81. The van der Waals surface area contributed by atoms with Crippen molar-refractivity contribution in [2.45, 2.75) is 13.0 Å². The van der Waals surface area contributed by atoms with Crippen molar-refractivity contribution in [3.8, 4) is 0 Å². The number of halogens is 2. The largest absolute Gasteiger partial charge is 0.328 e. The summed E-state index contributed by atoms with van der Waals surface area (Å²) in [5.74, 6) is 0.427. The van der Waals surface area contributed by atoms with Crippen molar-refractivity contribution in [1.29, 1.82) is 0 Å². The molecule has 0 aliphatic heterocycles. The van der Waals surface area contributed by atoms with Crippen LogP contribution in [0.15, 0.2) is 47.3 Å². The lowest BCUT2D eigenvalue weighted by molar-refractivity contribution is 0.248. The van der Waals surface area contributed by atoms with Crippen LogP contribution in [0.3, 0.4) is 0 Å². The highest BCUT2D eigenvalue weighted by Gasteiger charge is 2.16. The molecule has 0 saturated heterocycles. The fourth-order valence-electron chi connectivity index (χ4n) is 2.61. The predicted octanol–water partition coefficient (Wildman–Crippen LogP) is 4.12. The highest BCUT2D eigenvalue weighted by molar-refractivity contribution is 6.31. The van der Waals surface area contributed by atoms with E-state index < -0.39 is 12.1 Å². The van der Waals surface area contributed by atoms with Crippen LogP contribution in [0.1, 0.15) is 18.8 Å². The molecule has 0 saturated carbocycles. The normalized spacial score (nSPS) is 12.0. The van der Waals surface area contributed by atoms with E-state index in [1.807, 2.05) is 0 Å². The summed E-state index contributed by atoms with van der Waals surface area (Å²) in [6.07, 6.45) is 0. The second-order valence-corrected chi connectivity index (χ2v) is 6.70. The van der Waals surface area contributed by atoms with Gasteiger partial charge in [0.25, 0.3) is 5.56 Å². The lowest BCUT2D eigenvalue weighted by Crippen LogP contribution is -2.35. The maximum absolute atomic E-state index is 12.5. The Morgan fingerprint density at radius 3 is 2.46 bits per heavy atom. The van der Waals surface area contributed by atoms with Crippen LogP contribution in [-0.4, -0.2) is 15.6 Å². The molecule has 2 N–H and O–H groups in total. The van der Waals surface area contributed by atoms with Gasteiger partial charge in [0.05, 0.1) is 16.9 Å². The van der Waals surface area contributed by atoms with Gasteiger partial charge in [-0.25, -0.2) is 9.78 Å². The first-order valence-electron chi connectivity index (χ1n) is 7.84. The fraction of sp³-hybridized carbons (Fsp3) is 0.167. The Hall–Kier alpha value is -2.57. The summed E-state index contributed by atoms with van der Waals surface area (Å²) in [7, 11) is 1.62. The zero-order valence-electron chi connectivity index (χ0n) is 14.1. The number of fused-ring (bicyclic) bond motifs is 1. The molecule has 2 amide bonds. The van der Waals surface area contributed by atoms with Crippen LogP contribution in [0.25, 0.3) is 10.9 Å². The second kappa shape index (κ2) is 7.35. The topological polar surface area (TPSA) is 76.0 Å². The van der Waals surface area contributed by atoms with Gasteiger partial charge < -0.3 is 10.6 Å². The minimum Gasteiger partial charge on any atom is -0.328 e. The van der Waals surface area contributed by atoms with Crippen LogP contribution in [0, 0.1) is 0 Å². The van der Waals surface area contributed by atoms with Crippen molar-refractivity contribution in [1.82, 2.24) is 14.9 Å². The number of hydrogen-bond donors (Lipinski definition) is 2. The number of urea groups is 1. The Bertz CT molecular complexity index is 1030. The number of hydrogen-bond acceptors (Lipinski definition) is 3. The van der Waals surface area contributed by atoms with Crippen LogP contribution in [0.2, 0.25) is 10.0 Å². The number of carbonyl (C=O) groups is 1. The zero-order chi connectivity index (χ0) is 18.8. The molecule has 134 valence electrons. The van der Waals surface area contributed by atoms with Gasteiger partial charge in [0.15, 0.2) is 0 Å². The summed E-state index contributed by atoms with van der Waals surface area (Å²) in [6.45, 7) is 1.75. The highest BCUT2D eigenvalue weighted by Crippen LogP contribution is 2.18. The molecule has 3 aromatic rings. The van der Waals surface area contributed by atoms with Gasteiger partial charge >= 0.3 is 6.03 Å². The number of anilines is 1. The molecule has 6 nitrogen and oxygen atoms in total. The second-order valence-electron chi connectivity index (χ2n) is 5.82. The number of nitrogens with one attached hydrogen (secondary N) is 2. The number of amides is 2. The van der Waals surface area contributed by atoms with E-state index in [0.717, 1.165) is 0 Å². The van der Waals surface area contributed by atoms with Gasteiger partial charge in [-0.1, -0.05) is 23.2 Å². The number of carbonyl (C=O) groups excluding carboxylic acids is 1. The third-order valence-corrected chi connectivity index (χ3v) is 4.40. The molecule has 0 unspecified atom stereocenters. The van der Waals surface area contributed by atoms with Crippen molar-refractivity contribution in [3.05, 3.63) is 68.7 Å². The van der Waals surface area contributed by atoms with Crippen molar-refractivity contribution >= 4 is 45.8 Å². The first-order valence-corrected chi connectivity index (χ1v) is 8.60. The van der Waals surface area contributed by atoms with E-state index in [0.29, 0.717) is 32.5 Å². The molecule has 1 atom stereocenters. The maximum atomic E-state index is 12.5. The summed E-state index contributed by atoms with van der Waals surface area (Å²) in [5, 5.41) is 7.02. The van der Waals surface area contributed by atoms with Crippen molar-refractivity contribution < 1.29 is 4.79 Å². The van der Waals surface area contributed by atoms with E-state index in [-0.39, 0.29) is 5.56 Å². The molecule has 0 aliphatic carbocycles. The Morgan fingerprint density at radius 1 is 1.12 bits per heavy atom. The third-order valence-electron chi connectivity index (χ3n) is 3.91. The summed E-state index contributed by atoms with van der Waals surface area (Å²) in [4.78, 5) is 29.2. The molecule has 3 rings (SSSR count). The Balaban J connectivity index is 1.84. The Morgan fingerprint density at radius 2 is 1.77 bits per heavy atom. The van der Waals surface area contributed by atoms with Gasteiger partial charge in [-0.2, -0.15) is 0 Å². The molecule has 0 aliphatic rings. The molecular weight excluding hydrogens is 375 g/mol. The smallest absolute Gasteiger partial charge is 0.319 e. The minimum atomic E-state index is -0.497. The molecular formula is C18H16Cl2N4O2. The first-order chi connectivity index (χ1) is 12.3. The number of nitrogens with zero attached hydrogens (tertiary/aromatic N) is 2. The van der Waals surface area contributed by atoms with E-state index >= 15 is 0 Å². The molecule has 8 heteroatoms. The lowest BCUT2D eigenvalue weighted by atomic mass is 10.2. The molecule has 0 fully saturated rings. The first kappa shape index (κ1) is 18.2. The molecule has 0 spiro atoms. The standard InChI is InChI=1S/C18H16Cl2N4O2/c1-10(21-18(26)22-13-6-3-11(19)4-7-13)16-23-15-9-12(20)5-8-14(15)17(25)24(16)2/h3-10H,1-2H3,(H2,21,22,26)/t10-/m0/s1. The van der Waals surface area contributed by atoms with Crippen LogP contribution >= 0.6 is 23.2 Å². The van der Waals surface area contributed by atoms with E-state index in [4.69, 9.17) is 23.2 Å². The van der Waals surface area contributed by atoms with Crippen LogP contribution < -0.4 is 16.2 Å². The summed E-state index contributed by atoms with van der Waals surface area (Å²) in [6, 6.07) is 10.7. The van der Waals surface area contributed by atoms with Crippen molar-refractivity contribution in [2.75, 3.05) is 5.32 Å². The Labute approximate surface area is 159 Å². The van der Waals surface area contributed by atoms with E-state index in [1.165, 1.54) is 4.57 Å².